The van der Waals surface area contributed by atoms with Gasteiger partial charge in [-0.2, -0.15) is 4.31 Å². The molecule has 1 amide bonds. The molecule has 1 unspecified atom stereocenters. The summed E-state index contributed by atoms with van der Waals surface area (Å²) in [6.45, 7) is 2.06. The van der Waals surface area contributed by atoms with Crippen LogP contribution in [0.4, 0.5) is 0 Å². The van der Waals surface area contributed by atoms with Crippen LogP contribution in [0.15, 0.2) is 10.6 Å². The summed E-state index contributed by atoms with van der Waals surface area (Å²) in [7, 11) is -1.34. The Bertz CT molecular complexity index is 839. The topological polar surface area (TPSA) is 122 Å². The average Bonchev–Trinajstić information content (AvgIpc) is 3.34. The molecule has 2 aliphatic heterocycles. The van der Waals surface area contributed by atoms with E-state index < -0.39 is 10.0 Å². The molecule has 10 heteroatoms. The molecule has 2 bridgehead atoms. The normalized spacial score (nSPS) is 27.0. The van der Waals surface area contributed by atoms with Gasteiger partial charge in [0.05, 0.1) is 5.75 Å². The monoisotopic (exact) mass is 439 g/mol. The van der Waals surface area contributed by atoms with Crippen LogP contribution >= 0.6 is 0 Å². The smallest absolute Gasteiger partial charge is 0.273 e. The first kappa shape index (κ1) is 21.7. The minimum atomic E-state index is -3.30. The summed E-state index contributed by atoms with van der Waals surface area (Å²) in [6.07, 6.45) is 5.82. The van der Waals surface area contributed by atoms with E-state index in [1.165, 1.54) is 0 Å². The number of hydrogen-bond acceptors (Lipinski definition) is 7. The SMILES string of the molecule is CN(CCN)CCCS(=O)(=O)N1[C@@H]2CC[C@H]1CC(NC(=O)c1cc(C3CC3)on1)C2. The summed E-state index contributed by atoms with van der Waals surface area (Å²) in [6, 6.07) is 1.65. The van der Waals surface area contributed by atoms with Crippen molar-refractivity contribution in [2.24, 2.45) is 5.73 Å². The molecule has 2 saturated heterocycles. The van der Waals surface area contributed by atoms with Gasteiger partial charge in [0, 0.05) is 43.2 Å². The van der Waals surface area contributed by atoms with Crippen molar-refractivity contribution in [2.75, 3.05) is 32.4 Å². The maximum atomic E-state index is 13.0. The van der Waals surface area contributed by atoms with Crippen LogP contribution in [0.2, 0.25) is 0 Å². The van der Waals surface area contributed by atoms with Crippen molar-refractivity contribution in [1.29, 1.82) is 0 Å². The molecule has 3 aliphatic rings. The number of amides is 1. The average molecular weight is 440 g/mol. The number of nitrogens with two attached hydrogens (primary N) is 1. The lowest BCUT2D eigenvalue weighted by atomic mass is 9.99. The standard InChI is InChI=1S/C20H33N5O4S/c1-24(9-7-21)8-2-10-30(27,28)25-16-5-6-17(25)12-15(11-16)22-20(26)18-13-19(29-23-18)14-3-4-14/h13-17H,2-12,21H2,1H3,(H,22,26)/t15?,16-,17+. The van der Waals surface area contributed by atoms with E-state index in [1.807, 2.05) is 7.05 Å². The molecule has 3 N–H and O–H groups in total. The zero-order valence-corrected chi connectivity index (χ0v) is 18.4. The number of nitrogens with one attached hydrogen (secondary N) is 1. The fraction of sp³-hybridized carbons (Fsp3) is 0.800. The van der Waals surface area contributed by atoms with E-state index in [0.717, 1.165) is 44.5 Å². The van der Waals surface area contributed by atoms with Gasteiger partial charge in [0.25, 0.3) is 5.91 Å². The third kappa shape index (κ3) is 4.87. The minimum absolute atomic E-state index is 0.0276. The van der Waals surface area contributed by atoms with Crippen LogP contribution in [0.1, 0.15) is 67.1 Å². The van der Waals surface area contributed by atoms with E-state index in [1.54, 1.807) is 10.4 Å². The van der Waals surface area contributed by atoms with Gasteiger partial charge in [0.15, 0.2) is 5.69 Å². The Kier molecular flexibility index (Phi) is 6.47. The first-order chi connectivity index (χ1) is 14.4. The number of nitrogens with zero attached hydrogens (tertiary/aromatic N) is 3. The molecular weight excluding hydrogens is 406 g/mol. The van der Waals surface area contributed by atoms with Crippen LogP contribution in [0.3, 0.4) is 0 Å². The second-order valence-corrected chi connectivity index (χ2v) is 11.0. The predicted octanol–water partition coefficient (Wildman–Crippen LogP) is 0.888. The number of carbonyl (C=O) groups excluding carboxylic acids is 1. The zero-order valence-electron chi connectivity index (χ0n) is 17.6. The third-order valence-corrected chi connectivity index (χ3v) is 8.56. The summed E-state index contributed by atoms with van der Waals surface area (Å²) in [4.78, 5) is 14.6. The first-order valence-electron chi connectivity index (χ1n) is 11.0. The van der Waals surface area contributed by atoms with Gasteiger partial charge in [-0.15, -0.1) is 0 Å². The molecule has 168 valence electrons. The van der Waals surface area contributed by atoms with E-state index >= 15 is 0 Å². The van der Waals surface area contributed by atoms with E-state index in [-0.39, 0.29) is 29.8 Å². The number of sulfonamides is 1. The Morgan fingerprint density at radius 3 is 2.60 bits per heavy atom. The van der Waals surface area contributed by atoms with Gasteiger partial charge in [-0.25, -0.2) is 8.42 Å². The lowest BCUT2D eigenvalue weighted by Gasteiger charge is -2.38. The minimum Gasteiger partial charge on any atom is -0.360 e. The fourth-order valence-electron chi connectivity index (χ4n) is 4.88. The fourth-order valence-corrected chi connectivity index (χ4v) is 6.87. The van der Waals surface area contributed by atoms with Crippen LogP contribution in [0.25, 0.3) is 0 Å². The second-order valence-electron chi connectivity index (χ2n) is 9.01. The lowest BCUT2D eigenvalue weighted by molar-refractivity contribution is 0.0900. The molecular formula is C20H33N5O4S. The molecule has 4 rings (SSSR count). The summed E-state index contributed by atoms with van der Waals surface area (Å²) in [5, 5.41) is 6.96. The van der Waals surface area contributed by atoms with Crippen molar-refractivity contribution in [1.82, 2.24) is 19.7 Å². The Hall–Kier alpha value is -1.49. The molecule has 0 spiro atoms. The van der Waals surface area contributed by atoms with E-state index in [4.69, 9.17) is 10.3 Å². The number of piperidine rings is 1. The van der Waals surface area contributed by atoms with Crippen molar-refractivity contribution in [3.05, 3.63) is 17.5 Å². The van der Waals surface area contributed by atoms with Crippen LogP contribution in [-0.4, -0.2) is 79.2 Å². The molecule has 1 aliphatic carbocycles. The second kappa shape index (κ2) is 8.94. The molecule has 1 aromatic rings. The maximum Gasteiger partial charge on any atom is 0.273 e. The van der Waals surface area contributed by atoms with Gasteiger partial charge in [0.1, 0.15) is 5.76 Å². The summed E-state index contributed by atoms with van der Waals surface area (Å²) in [5.41, 5.74) is 5.86. The number of hydrogen-bond donors (Lipinski definition) is 2. The summed E-state index contributed by atoms with van der Waals surface area (Å²) >= 11 is 0. The van der Waals surface area contributed by atoms with Crippen LogP contribution < -0.4 is 11.1 Å². The Labute approximate surface area is 178 Å². The maximum absolute atomic E-state index is 13.0. The first-order valence-corrected chi connectivity index (χ1v) is 12.7. The van der Waals surface area contributed by atoms with E-state index in [2.05, 4.69) is 15.4 Å². The quantitative estimate of drug-likeness (QED) is 0.555. The molecule has 30 heavy (non-hydrogen) atoms. The van der Waals surface area contributed by atoms with E-state index in [0.29, 0.717) is 37.4 Å². The van der Waals surface area contributed by atoms with Gasteiger partial charge in [0.2, 0.25) is 10.0 Å². The highest BCUT2D eigenvalue weighted by Gasteiger charge is 2.46. The van der Waals surface area contributed by atoms with Crippen molar-refractivity contribution >= 4 is 15.9 Å². The van der Waals surface area contributed by atoms with Crippen LogP contribution in [0, 0.1) is 0 Å². The molecule has 1 aromatic heterocycles. The molecule has 0 radical (unpaired) electrons. The van der Waals surface area contributed by atoms with Crippen molar-refractivity contribution < 1.29 is 17.7 Å². The highest BCUT2D eigenvalue weighted by atomic mass is 32.2. The molecule has 3 atom stereocenters. The van der Waals surface area contributed by atoms with Gasteiger partial charge in [-0.1, -0.05) is 5.16 Å². The largest absolute Gasteiger partial charge is 0.360 e. The lowest BCUT2D eigenvalue weighted by Crippen LogP contribution is -2.53. The van der Waals surface area contributed by atoms with Gasteiger partial charge >= 0.3 is 0 Å². The highest BCUT2D eigenvalue weighted by Crippen LogP contribution is 2.40. The zero-order chi connectivity index (χ0) is 21.3. The predicted molar refractivity (Wildman–Crippen MR) is 113 cm³/mol. The van der Waals surface area contributed by atoms with Gasteiger partial charge < -0.3 is 20.5 Å². The highest BCUT2D eigenvalue weighted by molar-refractivity contribution is 7.89. The Morgan fingerprint density at radius 1 is 1.27 bits per heavy atom. The number of fused-ring (bicyclic) bond motifs is 2. The van der Waals surface area contributed by atoms with Crippen molar-refractivity contribution in [3.63, 3.8) is 0 Å². The molecule has 0 aromatic carbocycles. The Morgan fingerprint density at radius 2 is 1.97 bits per heavy atom. The van der Waals surface area contributed by atoms with Gasteiger partial charge in [-0.05, 0) is 58.5 Å². The Balaban J connectivity index is 1.30. The number of rotatable bonds is 10. The molecule has 3 heterocycles. The third-order valence-electron chi connectivity index (χ3n) is 6.52. The van der Waals surface area contributed by atoms with Crippen molar-refractivity contribution in [3.8, 4) is 0 Å². The van der Waals surface area contributed by atoms with E-state index in [9.17, 15) is 13.2 Å². The molecule has 9 nitrogen and oxygen atoms in total. The van der Waals surface area contributed by atoms with Crippen molar-refractivity contribution in [2.45, 2.75) is 69.0 Å². The summed E-state index contributed by atoms with van der Waals surface area (Å²) < 4.78 is 33.0. The van der Waals surface area contributed by atoms with Crippen LogP contribution in [-0.2, 0) is 10.0 Å². The molecule has 3 fully saturated rings. The number of likely N-dealkylation sites (N-methyl/N-ethyl adjacent to an activating group) is 1. The summed E-state index contributed by atoms with van der Waals surface area (Å²) in [5.74, 6) is 1.14. The van der Waals surface area contributed by atoms with Gasteiger partial charge in [-0.3, -0.25) is 4.79 Å². The number of carbonyl (C=O) groups is 1. The van der Waals surface area contributed by atoms with Crippen LogP contribution in [0.5, 0.6) is 0 Å². The molecule has 1 saturated carbocycles. The number of aromatic nitrogens is 1.